The highest BCUT2D eigenvalue weighted by molar-refractivity contribution is 5.66. The van der Waals surface area contributed by atoms with Crippen LogP contribution in [0, 0.1) is 0 Å². The lowest BCUT2D eigenvalue weighted by molar-refractivity contribution is -0.141. The lowest BCUT2D eigenvalue weighted by Gasteiger charge is -1.98. The molecule has 0 radical (unpaired) electrons. The van der Waals surface area contributed by atoms with Gasteiger partial charge in [0.1, 0.15) is 0 Å². The van der Waals surface area contributed by atoms with E-state index in [0.29, 0.717) is 6.61 Å². The number of carboxylic acids is 2. The zero-order valence-corrected chi connectivity index (χ0v) is 12.3. The molecule has 6 heteroatoms. The van der Waals surface area contributed by atoms with E-state index in [4.69, 9.17) is 14.9 Å². The Labute approximate surface area is 114 Å². The molecule has 0 amide bonds. The van der Waals surface area contributed by atoms with Crippen molar-refractivity contribution < 1.29 is 29.3 Å². The minimum atomic E-state index is -0.745. The highest BCUT2D eigenvalue weighted by Crippen LogP contribution is 1.93. The normalized spacial score (nSPS) is 8.21. The van der Waals surface area contributed by atoms with Gasteiger partial charge < -0.3 is 14.9 Å². The maximum absolute atomic E-state index is 10.2. The molecule has 0 aromatic heterocycles. The first-order chi connectivity index (χ1) is 8.81. The van der Waals surface area contributed by atoms with Crippen LogP contribution < -0.4 is 0 Å². The molecule has 0 spiro atoms. The SMILES string of the molecule is CCC(=O)O.CCC(=O)O.CCCCCOC(C)=O. The zero-order chi connectivity index (χ0) is 15.7. The largest absolute Gasteiger partial charge is 0.481 e. The smallest absolute Gasteiger partial charge is 0.303 e. The molecule has 0 aromatic carbocycles. The summed E-state index contributed by atoms with van der Waals surface area (Å²) in [6.45, 7) is 7.34. The zero-order valence-electron chi connectivity index (χ0n) is 12.3. The van der Waals surface area contributed by atoms with E-state index in [-0.39, 0.29) is 18.8 Å². The maximum Gasteiger partial charge on any atom is 0.303 e. The first-order valence-electron chi connectivity index (χ1n) is 6.38. The molecule has 6 nitrogen and oxygen atoms in total. The van der Waals surface area contributed by atoms with Crippen LogP contribution in [0.2, 0.25) is 0 Å². The van der Waals surface area contributed by atoms with Gasteiger partial charge in [-0.15, -0.1) is 0 Å². The summed E-state index contributed by atoms with van der Waals surface area (Å²) >= 11 is 0. The minimum absolute atomic E-state index is 0.175. The van der Waals surface area contributed by atoms with Crippen molar-refractivity contribution >= 4 is 17.9 Å². The molecule has 0 saturated heterocycles. The molecule has 0 aliphatic rings. The van der Waals surface area contributed by atoms with E-state index in [1.165, 1.54) is 13.3 Å². The molecular formula is C13H26O6. The number of esters is 1. The fraction of sp³-hybridized carbons (Fsp3) is 0.769. The number of hydrogen-bond acceptors (Lipinski definition) is 4. The second-order valence-corrected chi connectivity index (χ2v) is 3.54. The molecule has 0 saturated carbocycles. The second kappa shape index (κ2) is 18.8. The number of unbranched alkanes of at least 4 members (excludes halogenated alkanes) is 2. The van der Waals surface area contributed by atoms with Crippen LogP contribution in [-0.4, -0.2) is 34.7 Å². The summed E-state index contributed by atoms with van der Waals surface area (Å²) in [5.74, 6) is -1.67. The van der Waals surface area contributed by atoms with Crippen LogP contribution in [0.3, 0.4) is 0 Å². The number of carboxylic acid groups (broad SMARTS) is 2. The van der Waals surface area contributed by atoms with Gasteiger partial charge >= 0.3 is 17.9 Å². The maximum atomic E-state index is 10.2. The van der Waals surface area contributed by atoms with Crippen LogP contribution in [-0.2, 0) is 19.1 Å². The molecule has 0 aromatic rings. The molecule has 0 unspecified atom stereocenters. The predicted octanol–water partition coefficient (Wildman–Crippen LogP) is 2.70. The van der Waals surface area contributed by atoms with Crippen molar-refractivity contribution in [3.8, 4) is 0 Å². The third-order valence-corrected chi connectivity index (χ3v) is 1.66. The van der Waals surface area contributed by atoms with Crippen LogP contribution in [0.4, 0.5) is 0 Å². The van der Waals surface area contributed by atoms with Crippen LogP contribution >= 0.6 is 0 Å². The number of hydrogen-bond donors (Lipinski definition) is 2. The van der Waals surface area contributed by atoms with Crippen molar-refractivity contribution in [2.24, 2.45) is 0 Å². The molecule has 114 valence electrons. The minimum Gasteiger partial charge on any atom is -0.481 e. The van der Waals surface area contributed by atoms with E-state index in [0.717, 1.165) is 12.8 Å². The van der Waals surface area contributed by atoms with Crippen LogP contribution in [0.5, 0.6) is 0 Å². The molecule has 0 aliphatic heterocycles. The lowest BCUT2D eigenvalue weighted by atomic mass is 10.3. The van der Waals surface area contributed by atoms with Crippen molar-refractivity contribution in [3.63, 3.8) is 0 Å². The third-order valence-electron chi connectivity index (χ3n) is 1.66. The van der Waals surface area contributed by atoms with Gasteiger partial charge in [0.05, 0.1) is 6.61 Å². The van der Waals surface area contributed by atoms with Crippen molar-refractivity contribution in [3.05, 3.63) is 0 Å². The number of carbonyl (C=O) groups excluding carboxylic acids is 1. The second-order valence-electron chi connectivity index (χ2n) is 3.54. The van der Waals surface area contributed by atoms with Gasteiger partial charge in [-0.25, -0.2) is 0 Å². The van der Waals surface area contributed by atoms with E-state index >= 15 is 0 Å². The van der Waals surface area contributed by atoms with Gasteiger partial charge in [0.25, 0.3) is 0 Å². The molecule has 0 aliphatic carbocycles. The van der Waals surface area contributed by atoms with Crippen LogP contribution in [0.25, 0.3) is 0 Å². The Balaban J connectivity index is -0.000000219. The number of ether oxygens (including phenoxy) is 1. The Morgan fingerprint density at radius 3 is 1.47 bits per heavy atom. The summed E-state index contributed by atoms with van der Waals surface area (Å²) in [5.41, 5.74) is 0. The highest BCUT2D eigenvalue weighted by Gasteiger charge is 1.89. The Kier molecular flexibility index (Phi) is 22.3. The van der Waals surface area contributed by atoms with E-state index in [2.05, 4.69) is 6.92 Å². The summed E-state index contributed by atoms with van der Waals surface area (Å²) in [5, 5.41) is 15.4. The Morgan fingerprint density at radius 1 is 0.895 bits per heavy atom. The molecular weight excluding hydrogens is 252 g/mol. The molecule has 0 bridgehead atoms. The van der Waals surface area contributed by atoms with Gasteiger partial charge in [0, 0.05) is 19.8 Å². The van der Waals surface area contributed by atoms with Crippen molar-refractivity contribution in [2.75, 3.05) is 6.61 Å². The number of carbonyl (C=O) groups is 3. The van der Waals surface area contributed by atoms with Crippen molar-refractivity contribution in [1.82, 2.24) is 0 Å². The Bertz CT molecular complexity index is 223. The van der Waals surface area contributed by atoms with E-state index in [1.54, 1.807) is 13.8 Å². The molecule has 0 fully saturated rings. The van der Waals surface area contributed by atoms with Gasteiger partial charge in [0.2, 0.25) is 0 Å². The lowest BCUT2D eigenvalue weighted by Crippen LogP contribution is -1.99. The topological polar surface area (TPSA) is 101 Å². The van der Waals surface area contributed by atoms with E-state index in [9.17, 15) is 14.4 Å². The third kappa shape index (κ3) is 48.2. The van der Waals surface area contributed by atoms with Gasteiger partial charge in [-0.05, 0) is 6.42 Å². The fourth-order valence-electron chi connectivity index (χ4n) is 0.568. The molecule has 2 N–H and O–H groups in total. The van der Waals surface area contributed by atoms with E-state index < -0.39 is 11.9 Å². The summed E-state index contributed by atoms with van der Waals surface area (Å²) in [4.78, 5) is 28.9. The van der Waals surface area contributed by atoms with Gasteiger partial charge in [0.15, 0.2) is 0 Å². The molecule has 0 atom stereocenters. The Morgan fingerprint density at radius 2 is 1.26 bits per heavy atom. The van der Waals surface area contributed by atoms with Gasteiger partial charge in [-0.1, -0.05) is 33.6 Å². The van der Waals surface area contributed by atoms with E-state index in [1.807, 2.05) is 0 Å². The van der Waals surface area contributed by atoms with Gasteiger partial charge in [-0.3, -0.25) is 14.4 Å². The van der Waals surface area contributed by atoms with Gasteiger partial charge in [-0.2, -0.15) is 0 Å². The molecule has 0 rings (SSSR count). The van der Waals surface area contributed by atoms with Crippen LogP contribution in [0.1, 0.15) is 59.8 Å². The quantitative estimate of drug-likeness (QED) is 0.572. The summed E-state index contributed by atoms with van der Waals surface area (Å²) in [7, 11) is 0. The summed E-state index contributed by atoms with van der Waals surface area (Å²) in [6, 6.07) is 0. The van der Waals surface area contributed by atoms with Crippen molar-refractivity contribution in [1.29, 1.82) is 0 Å². The standard InChI is InChI=1S/C7H14O2.2C3H6O2/c1-3-4-5-6-9-7(2)8;2*1-2-3(4)5/h3-6H2,1-2H3;2*2H2,1H3,(H,4,5). The average Bonchev–Trinajstić information content (AvgIpc) is 2.35. The van der Waals surface area contributed by atoms with Crippen LogP contribution in [0.15, 0.2) is 0 Å². The van der Waals surface area contributed by atoms with Crippen molar-refractivity contribution in [2.45, 2.75) is 59.8 Å². The Hall–Kier alpha value is -1.59. The first-order valence-corrected chi connectivity index (χ1v) is 6.38. The summed E-state index contributed by atoms with van der Waals surface area (Å²) in [6.07, 6.45) is 3.75. The first kappa shape index (κ1) is 22.6. The average molecular weight is 278 g/mol. The number of rotatable bonds is 6. The molecule has 0 heterocycles. The summed E-state index contributed by atoms with van der Waals surface area (Å²) < 4.78 is 4.70. The number of aliphatic carboxylic acids is 2. The predicted molar refractivity (Wildman–Crippen MR) is 72.0 cm³/mol. The fourth-order valence-corrected chi connectivity index (χ4v) is 0.568. The molecule has 19 heavy (non-hydrogen) atoms. The highest BCUT2D eigenvalue weighted by atomic mass is 16.5. The monoisotopic (exact) mass is 278 g/mol.